The van der Waals surface area contributed by atoms with Crippen molar-refractivity contribution in [2.45, 2.75) is 20.4 Å². The van der Waals surface area contributed by atoms with E-state index in [1.165, 1.54) is 11.1 Å². The Morgan fingerprint density at radius 1 is 0.870 bits per heavy atom. The van der Waals surface area contributed by atoms with Gasteiger partial charge in [0.1, 0.15) is 5.82 Å². The first-order valence-corrected chi connectivity index (χ1v) is 7.66. The molecule has 1 aromatic heterocycles. The Balaban J connectivity index is 1.72. The molecule has 0 atom stereocenters. The third-order valence-electron chi connectivity index (χ3n) is 3.48. The van der Waals surface area contributed by atoms with Crippen molar-refractivity contribution in [2.24, 2.45) is 0 Å². The van der Waals surface area contributed by atoms with Crippen molar-refractivity contribution in [3.05, 3.63) is 77.5 Å². The lowest BCUT2D eigenvalue weighted by atomic mass is 10.2. The quantitative estimate of drug-likeness (QED) is 0.731. The monoisotopic (exact) mass is 304 g/mol. The molecule has 0 aliphatic rings. The molecule has 2 N–H and O–H groups in total. The van der Waals surface area contributed by atoms with Crippen LogP contribution in [0.2, 0.25) is 0 Å². The zero-order chi connectivity index (χ0) is 16.1. The minimum Gasteiger partial charge on any atom is -0.366 e. The minimum atomic E-state index is 0.601. The van der Waals surface area contributed by atoms with E-state index >= 15 is 0 Å². The second-order valence-corrected chi connectivity index (χ2v) is 5.55. The van der Waals surface area contributed by atoms with Crippen molar-refractivity contribution < 1.29 is 0 Å². The number of aryl methyl sites for hydroxylation is 2. The fraction of sp³-hybridized carbons (Fsp3) is 0.158. The SMILES string of the molecule is Cc1ccc(Nc2nc(C)cc(NCc3ccccc3)n2)cc1. The molecular weight excluding hydrogens is 284 g/mol. The highest BCUT2D eigenvalue weighted by molar-refractivity contribution is 5.55. The fourth-order valence-electron chi connectivity index (χ4n) is 2.27. The molecule has 23 heavy (non-hydrogen) atoms. The van der Waals surface area contributed by atoms with Crippen LogP contribution in [-0.2, 0) is 6.54 Å². The van der Waals surface area contributed by atoms with Gasteiger partial charge in [0.2, 0.25) is 5.95 Å². The highest BCUT2D eigenvalue weighted by atomic mass is 15.1. The Morgan fingerprint density at radius 2 is 1.61 bits per heavy atom. The molecule has 0 saturated heterocycles. The molecule has 0 aliphatic heterocycles. The molecule has 4 nitrogen and oxygen atoms in total. The van der Waals surface area contributed by atoms with Gasteiger partial charge in [0, 0.05) is 24.0 Å². The number of hydrogen-bond acceptors (Lipinski definition) is 4. The zero-order valence-electron chi connectivity index (χ0n) is 13.4. The zero-order valence-corrected chi connectivity index (χ0v) is 13.4. The molecule has 4 heteroatoms. The first-order valence-electron chi connectivity index (χ1n) is 7.66. The van der Waals surface area contributed by atoms with Crippen molar-refractivity contribution in [3.63, 3.8) is 0 Å². The van der Waals surface area contributed by atoms with Gasteiger partial charge in [-0.1, -0.05) is 48.0 Å². The lowest BCUT2D eigenvalue weighted by Gasteiger charge is -2.10. The Labute approximate surface area is 136 Å². The summed E-state index contributed by atoms with van der Waals surface area (Å²) >= 11 is 0. The first-order chi connectivity index (χ1) is 11.2. The number of hydrogen-bond donors (Lipinski definition) is 2. The summed E-state index contributed by atoms with van der Waals surface area (Å²) in [6.45, 7) is 4.77. The van der Waals surface area contributed by atoms with Crippen LogP contribution in [0.5, 0.6) is 0 Å². The normalized spacial score (nSPS) is 10.3. The van der Waals surface area contributed by atoms with E-state index in [1.807, 2.05) is 43.3 Å². The minimum absolute atomic E-state index is 0.601. The Hall–Kier alpha value is -2.88. The fourth-order valence-corrected chi connectivity index (χ4v) is 2.27. The number of nitrogens with one attached hydrogen (secondary N) is 2. The van der Waals surface area contributed by atoms with E-state index in [0.29, 0.717) is 5.95 Å². The van der Waals surface area contributed by atoms with E-state index in [4.69, 9.17) is 0 Å². The van der Waals surface area contributed by atoms with Crippen molar-refractivity contribution in [1.29, 1.82) is 0 Å². The molecule has 0 fully saturated rings. The number of nitrogens with zero attached hydrogens (tertiary/aromatic N) is 2. The molecule has 0 unspecified atom stereocenters. The van der Waals surface area contributed by atoms with E-state index < -0.39 is 0 Å². The second-order valence-electron chi connectivity index (χ2n) is 5.55. The summed E-state index contributed by atoms with van der Waals surface area (Å²) in [5.41, 5.74) is 4.35. The predicted molar refractivity (Wildman–Crippen MR) is 95.0 cm³/mol. The summed E-state index contributed by atoms with van der Waals surface area (Å²) in [6.07, 6.45) is 0. The number of rotatable bonds is 5. The number of aromatic nitrogens is 2. The maximum absolute atomic E-state index is 4.53. The predicted octanol–water partition coefficient (Wildman–Crippen LogP) is 4.45. The summed E-state index contributed by atoms with van der Waals surface area (Å²) in [6, 6.07) is 20.4. The van der Waals surface area contributed by atoms with Crippen LogP contribution in [-0.4, -0.2) is 9.97 Å². The smallest absolute Gasteiger partial charge is 0.229 e. The third-order valence-corrected chi connectivity index (χ3v) is 3.48. The first kappa shape index (κ1) is 15.0. The average Bonchev–Trinajstić information content (AvgIpc) is 2.56. The van der Waals surface area contributed by atoms with Crippen molar-refractivity contribution >= 4 is 17.5 Å². The lowest BCUT2D eigenvalue weighted by Crippen LogP contribution is -2.05. The van der Waals surface area contributed by atoms with Crippen molar-refractivity contribution in [2.75, 3.05) is 10.6 Å². The maximum Gasteiger partial charge on any atom is 0.229 e. The summed E-state index contributed by atoms with van der Waals surface area (Å²) in [4.78, 5) is 8.98. The molecule has 3 aromatic rings. The van der Waals surface area contributed by atoms with Gasteiger partial charge >= 0.3 is 0 Å². The Kier molecular flexibility index (Phi) is 4.52. The van der Waals surface area contributed by atoms with Gasteiger partial charge in [-0.3, -0.25) is 0 Å². The van der Waals surface area contributed by atoms with Gasteiger partial charge in [0.25, 0.3) is 0 Å². The highest BCUT2D eigenvalue weighted by Crippen LogP contribution is 2.16. The number of benzene rings is 2. The van der Waals surface area contributed by atoms with Gasteiger partial charge in [0.15, 0.2) is 0 Å². The van der Waals surface area contributed by atoms with E-state index in [1.54, 1.807) is 0 Å². The van der Waals surface area contributed by atoms with E-state index in [9.17, 15) is 0 Å². The van der Waals surface area contributed by atoms with Crippen LogP contribution in [0.15, 0.2) is 60.7 Å². The largest absolute Gasteiger partial charge is 0.366 e. The Bertz CT molecular complexity index is 767. The van der Waals surface area contributed by atoms with Gasteiger partial charge in [-0.25, -0.2) is 4.98 Å². The van der Waals surface area contributed by atoms with E-state index in [-0.39, 0.29) is 0 Å². The van der Waals surface area contributed by atoms with Crippen LogP contribution in [0.4, 0.5) is 17.5 Å². The molecule has 2 aromatic carbocycles. The van der Waals surface area contributed by atoms with Crippen LogP contribution in [0, 0.1) is 13.8 Å². The van der Waals surface area contributed by atoms with Gasteiger partial charge < -0.3 is 10.6 Å². The summed E-state index contributed by atoms with van der Waals surface area (Å²) in [5, 5.41) is 6.59. The van der Waals surface area contributed by atoms with Gasteiger partial charge in [-0.15, -0.1) is 0 Å². The van der Waals surface area contributed by atoms with Gasteiger partial charge in [-0.2, -0.15) is 4.98 Å². The Morgan fingerprint density at radius 3 is 2.35 bits per heavy atom. The van der Waals surface area contributed by atoms with Gasteiger partial charge in [-0.05, 0) is 31.5 Å². The van der Waals surface area contributed by atoms with Crippen molar-refractivity contribution in [1.82, 2.24) is 9.97 Å². The van der Waals surface area contributed by atoms with Crippen LogP contribution in [0.1, 0.15) is 16.8 Å². The summed E-state index contributed by atoms with van der Waals surface area (Å²) in [5.74, 6) is 1.42. The molecule has 0 radical (unpaired) electrons. The molecule has 0 aliphatic carbocycles. The third kappa shape index (κ3) is 4.30. The highest BCUT2D eigenvalue weighted by Gasteiger charge is 2.03. The van der Waals surface area contributed by atoms with Crippen LogP contribution < -0.4 is 10.6 Å². The maximum atomic E-state index is 4.53. The van der Waals surface area contributed by atoms with Gasteiger partial charge in [0.05, 0.1) is 0 Å². The van der Waals surface area contributed by atoms with Crippen LogP contribution in [0.25, 0.3) is 0 Å². The average molecular weight is 304 g/mol. The standard InChI is InChI=1S/C19H20N4/c1-14-8-10-17(11-9-14)22-19-21-15(2)12-18(23-19)20-13-16-6-4-3-5-7-16/h3-12H,13H2,1-2H3,(H2,20,21,22,23). The molecular formula is C19H20N4. The van der Waals surface area contributed by atoms with Crippen LogP contribution >= 0.6 is 0 Å². The molecule has 0 spiro atoms. The molecule has 1 heterocycles. The second kappa shape index (κ2) is 6.92. The molecule has 0 saturated carbocycles. The number of anilines is 3. The molecule has 0 bridgehead atoms. The summed E-state index contributed by atoms with van der Waals surface area (Å²) in [7, 11) is 0. The van der Waals surface area contributed by atoms with Crippen molar-refractivity contribution in [3.8, 4) is 0 Å². The molecule has 116 valence electrons. The van der Waals surface area contributed by atoms with Crippen LogP contribution in [0.3, 0.4) is 0 Å². The lowest BCUT2D eigenvalue weighted by molar-refractivity contribution is 1.06. The topological polar surface area (TPSA) is 49.8 Å². The van der Waals surface area contributed by atoms with E-state index in [0.717, 1.165) is 23.7 Å². The molecule has 0 amide bonds. The molecule has 3 rings (SSSR count). The van der Waals surface area contributed by atoms with E-state index in [2.05, 4.69) is 51.8 Å². The summed E-state index contributed by atoms with van der Waals surface area (Å²) < 4.78 is 0.